The van der Waals surface area contributed by atoms with E-state index in [1.165, 1.54) is 6.42 Å². The number of hydrogen-bond donors (Lipinski definition) is 0. The molecule has 0 saturated carbocycles. The van der Waals surface area contributed by atoms with E-state index in [0.29, 0.717) is 18.9 Å². The second kappa shape index (κ2) is 7.39. The zero-order valence-electron chi connectivity index (χ0n) is 12.5. The van der Waals surface area contributed by atoms with Crippen molar-refractivity contribution in [3.8, 4) is 0 Å². The number of likely N-dealkylation sites (tertiary alicyclic amines) is 1. The summed E-state index contributed by atoms with van der Waals surface area (Å²) in [6.45, 7) is 4.28. The number of methoxy groups -OCH3 is 1. The van der Waals surface area contributed by atoms with Crippen molar-refractivity contribution in [1.82, 2.24) is 9.88 Å². The molecule has 0 spiro atoms. The number of rotatable bonds is 5. The summed E-state index contributed by atoms with van der Waals surface area (Å²) in [4.78, 5) is 18.6. The van der Waals surface area contributed by atoms with Crippen molar-refractivity contribution >= 4 is 5.91 Å². The normalized spacial score (nSPS) is 19.1. The van der Waals surface area contributed by atoms with Crippen LogP contribution in [0.3, 0.4) is 0 Å². The second-order valence-electron chi connectivity index (χ2n) is 5.57. The van der Waals surface area contributed by atoms with Gasteiger partial charge < -0.3 is 9.64 Å². The van der Waals surface area contributed by atoms with Gasteiger partial charge in [-0.3, -0.25) is 9.78 Å². The lowest BCUT2D eigenvalue weighted by Crippen LogP contribution is -2.40. The zero-order chi connectivity index (χ0) is 14.4. The summed E-state index contributed by atoms with van der Waals surface area (Å²) in [5, 5.41) is 0. The monoisotopic (exact) mass is 276 g/mol. The fourth-order valence-corrected chi connectivity index (χ4v) is 2.81. The Bertz CT molecular complexity index is 448. The van der Waals surface area contributed by atoms with Crippen LogP contribution in [0.5, 0.6) is 0 Å². The van der Waals surface area contributed by atoms with E-state index in [1.54, 1.807) is 7.11 Å². The molecule has 1 aromatic heterocycles. The number of hydrogen-bond acceptors (Lipinski definition) is 3. The summed E-state index contributed by atoms with van der Waals surface area (Å²) in [6, 6.07) is 6.16. The van der Waals surface area contributed by atoms with E-state index in [4.69, 9.17) is 4.74 Å². The molecule has 0 bridgehead atoms. The summed E-state index contributed by atoms with van der Waals surface area (Å²) < 4.78 is 4.98. The van der Waals surface area contributed by atoms with Gasteiger partial charge in [0.05, 0.1) is 13.0 Å². The molecule has 1 fully saturated rings. The number of carbonyl (C=O) groups is 1. The minimum absolute atomic E-state index is 0.216. The smallest absolute Gasteiger partial charge is 0.224 e. The molecule has 1 atom stereocenters. The Morgan fingerprint density at radius 2 is 2.35 bits per heavy atom. The van der Waals surface area contributed by atoms with Crippen molar-refractivity contribution in [3.05, 3.63) is 29.6 Å². The van der Waals surface area contributed by atoms with Gasteiger partial charge in [-0.1, -0.05) is 6.07 Å². The maximum Gasteiger partial charge on any atom is 0.224 e. The second-order valence-corrected chi connectivity index (χ2v) is 5.57. The molecule has 110 valence electrons. The van der Waals surface area contributed by atoms with Gasteiger partial charge in [-0.2, -0.15) is 0 Å². The first-order valence-corrected chi connectivity index (χ1v) is 7.38. The quantitative estimate of drug-likeness (QED) is 0.828. The number of amides is 1. The van der Waals surface area contributed by atoms with Gasteiger partial charge in [-0.15, -0.1) is 0 Å². The van der Waals surface area contributed by atoms with Crippen molar-refractivity contribution in [2.24, 2.45) is 5.92 Å². The summed E-state index contributed by atoms with van der Waals surface area (Å²) >= 11 is 0. The van der Waals surface area contributed by atoms with Gasteiger partial charge in [0.15, 0.2) is 0 Å². The van der Waals surface area contributed by atoms with Crippen LogP contribution in [0, 0.1) is 12.8 Å². The Labute approximate surface area is 121 Å². The molecule has 4 nitrogen and oxygen atoms in total. The summed E-state index contributed by atoms with van der Waals surface area (Å²) in [5.41, 5.74) is 2.20. The zero-order valence-corrected chi connectivity index (χ0v) is 12.5. The molecule has 0 radical (unpaired) electrons. The fraction of sp³-hybridized carbons (Fsp3) is 0.625. The first kappa shape index (κ1) is 15.0. The number of aromatic nitrogens is 1. The highest BCUT2D eigenvalue weighted by Crippen LogP contribution is 2.20. The van der Waals surface area contributed by atoms with Gasteiger partial charge in [0.2, 0.25) is 5.91 Å². The number of aryl methyl sites for hydroxylation is 1. The van der Waals surface area contributed by atoms with Crippen molar-refractivity contribution in [1.29, 1.82) is 0 Å². The standard InChI is InChI=1S/C16H24N2O2/c1-13-5-3-7-15(17-13)11-14-6-4-9-18(12-14)16(19)8-10-20-2/h3,5,7,14H,4,6,8-12H2,1-2H3/t14-/m0/s1. The lowest BCUT2D eigenvalue weighted by molar-refractivity contribution is -0.133. The van der Waals surface area contributed by atoms with Crippen molar-refractivity contribution in [2.45, 2.75) is 32.6 Å². The lowest BCUT2D eigenvalue weighted by atomic mass is 9.93. The minimum atomic E-state index is 0.216. The third kappa shape index (κ3) is 4.30. The molecule has 2 heterocycles. The molecule has 2 rings (SSSR count). The van der Waals surface area contributed by atoms with Crippen LogP contribution in [0.15, 0.2) is 18.2 Å². The van der Waals surface area contributed by atoms with Crippen LogP contribution in [0.2, 0.25) is 0 Å². The van der Waals surface area contributed by atoms with Gasteiger partial charge in [-0.05, 0) is 44.2 Å². The molecule has 20 heavy (non-hydrogen) atoms. The molecule has 1 aromatic rings. The van der Waals surface area contributed by atoms with Crippen LogP contribution in [0.1, 0.15) is 30.7 Å². The molecule has 4 heteroatoms. The number of carbonyl (C=O) groups excluding carboxylic acids is 1. The highest BCUT2D eigenvalue weighted by atomic mass is 16.5. The van der Waals surface area contributed by atoms with E-state index in [1.807, 2.05) is 17.9 Å². The van der Waals surface area contributed by atoms with E-state index < -0.39 is 0 Å². The highest BCUT2D eigenvalue weighted by Gasteiger charge is 2.23. The average Bonchev–Trinajstić information content (AvgIpc) is 2.45. The van der Waals surface area contributed by atoms with Crippen LogP contribution in [-0.4, -0.2) is 42.6 Å². The van der Waals surface area contributed by atoms with E-state index in [0.717, 1.165) is 37.3 Å². The van der Waals surface area contributed by atoms with Gasteiger partial charge >= 0.3 is 0 Å². The predicted octanol–water partition coefficient (Wildman–Crippen LogP) is 2.21. The Balaban J connectivity index is 1.88. The third-order valence-electron chi connectivity index (χ3n) is 3.84. The maximum absolute atomic E-state index is 12.0. The Morgan fingerprint density at radius 1 is 1.50 bits per heavy atom. The van der Waals surface area contributed by atoms with Gasteiger partial charge in [-0.25, -0.2) is 0 Å². The molecule has 1 aliphatic heterocycles. The van der Waals surface area contributed by atoms with E-state index in [-0.39, 0.29) is 5.91 Å². The largest absolute Gasteiger partial charge is 0.384 e. The molecular formula is C16H24N2O2. The van der Waals surface area contributed by atoms with Crippen LogP contribution in [0.25, 0.3) is 0 Å². The molecular weight excluding hydrogens is 252 g/mol. The summed E-state index contributed by atoms with van der Waals surface area (Å²) in [7, 11) is 1.63. The number of piperidine rings is 1. The molecule has 0 aliphatic carbocycles. The van der Waals surface area contributed by atoms with Gasteiger partial charge in [0.1, 0.15) is 0 Å². The number of nitrogens with zero attached hydrogens (tertiary/aromatic N) is 2. The third-order valence-corrected chi connectivity index (χ3v) is 3.84. The van der Waals surface area contributed by atoms with Crippen LogP contribution < -0.4 is 0 Å². The Kier molecular flexibility index (Phi) is 5.53. The van der Waals surface area contributed by atoms with Crippen LogP contribution in [-0.2, 0) is 16.0 Å². The fourth-order valence-electron chi connectivity index (χ4n) is 2.81. The summed E-state index contributed by atoms with van der Waals surface area (Å²) in [5.74, 6) is 0.748. The topological polar surface area (TPSA) is 42.4 Å². The molecule has 1 saturated heterocycles. The SMILES string of the molecule is COCCC(=O)N1CCC[C@@H](Cc2cccc(C)n2)C1. The van der Waals surface area contributed by atoms with E-state index in [2.05, 4.69) is 17.1 Å². The number of pyridine rings is 1. The van der Waals surface area contributed by atoms with Crippen molar-refractivity contribution in [3.63, 3.8) is 0 Å². The van der Waals surface area contributed by atoms with Crippen LogP contribution >= 0.6 is 0 Å². The van der Waals surface area contributed by atoms with E-state index in [9.17, 15) is 4.79 Å². The first-order valence-electron chi connectivity index (χ1n) is 7.38. The van der Waals surface area contributed by atoms with Gasteiger partial charge in [0.25, 0.3) is 0 Å². The minimum Gasteiger partial charge on any atom is -0.384 e. The first-order chi connectivity index (χ1) is 9.69. The van der Waals surface area contributed by atoms with Gasteiger partial charge in [0, 0.05) is 31.6 Å². The molecule has 1 aliphatic rings. The predicted molar refractivity (Wildman–Crippen MR) is 78.5 cm³/mol. The number of ether oxygens (including phenoxy) is 1. The Hall–Kier alpha value is -1.42. The average molecular weight is 276 g/mol. The summed E-state index contributed by atoms with van der Waals surface area (Å²) in [6.07, 6.45) is 3.74. The molecule has 0 aromatic carbocycles. The van der Waals surface area contributed by atoms with Crippen LogP contribution in [0.4, 0.5) is 0 Å². The molecule has 0 N–H and O–H groups in total. The maximum atomic E-state index is 12.0. The highest BCUT2D eigenvalue weighted by molar-refractivity contribution is 5.76. The van der Waals surface area contributed by atoms with Crippen molar-refractivity contribution < 1.29 is 9.53 Å². The molecule has 1 amide bonds. The lowest BCUT2D eigenvalue weighted by Gasteiger charge is -2.32. The van der Waals surface area contributed by atoms with E-state index >= 15 is 0 Å². The Morgan fingerprint density at radius 3 is 3.10 bits per heavy atom. The molecule has 0 unspecified atom stereocenters. The van der Waals surface area contributed by atoms with Crippen molar-refractivity contribution in [2.75, 3.05) is 26.8 Å².